The van der Waals surface area contributed by atoms with E-state index in [0.29, 0.717) is 17.0 Å². The molecule has 0 saturated carbocycles. The Kier molecular flexibility index (Phi) is 5.53. The lowest BCUT2D eigenvalue weighted by Gasteiger charge is -2.18. The molecule has 0 spiro atoms. The first kappa shape index (κ1) is 20.5. The zero-order chi connectivity index (χ0) is 22.1. The molecule has 5 nitrogen and oxygen atoms in total. The molecule has 0 aliphatic carbocycles. The zero-order valence-electron chi connectivity index (χ0n) is 18.0. The molecule has 162 valence electrons. The highest BCUT2D eigenvalue weighted by Gasteiger charge is 2.40. The van der Waals surface area contributed by atoms with Crippen LogP contribution in [-0.4, -0.2) is 24.9 Å². The molecule has 32 heavy (non-hydrogen) atoms. The topological polar surface area (TPSA) is 52.7 Å². The average Bonchev–Trinajstić information content (AvgIpc) is 3.58. The Labute approximate surface area is 192 Å². The van der Waals surface area contributed by atoms with Crippen molar-refractivity contribution in [3.63, 3.8) is 0 Å². The number of imide groups is 1. The van der Waals surface area contributed by atoms with Crippen LogP contribution in [0.4, 0.5) is 17.1 Å². The van der Waals surface area contributed by atoms with Crippen molar-refractivity contribution in [3.8, 4) is 0 Å². The van der Waals surface area contributed by atoms with Gasteiger partial charge in [-0.3, -0.25) is 9.59 Å². The lowest BCUT2D eigenvalue weighted by Crippen LogP contribution is -2.32. The van der Waals surface area contributed by atoms with Gasteiger partial charge in [0.15, 0.2) is 0 Å². The monoisotopic (exact) mass is 443 g/mol. The van der Waals surface area contributed by atoms with Gasteiger partial charge in [0.2, 0.25) is 0 Å². The molecule has 1 aromatic heterocycles. The molecule has 1 saturated heterocycles. The highest BCUT2D eigenvalue weighted by atomic mass is 32.1. The summed E-state index contributed by atoms with van der Waals surface area (Å²) in [5.41, 5.74) is 4.48. The summed E-state index contributed by atoms with van der Waals surface area (Å²) in [6.45, 7) is 4.24. The number of nitrogens with one attached hydrogen (secondary N) is 1. The van der Waals surface area contributed by atoms with E-state index in [1.807, 2.05) is 53.9 Å². The Morgan fingerprint density at radius 3 is 2.19 bits per heavy atom. The quantitative estimate of drug-likeness (QED) is 0.525. The number of anilines is 3. The molecule has 2 aliphatic rings. The van der Waals surface area contributed by atoms with Crippen molar-refractivity contribution in [2.24, 2.45) is 0 Å². The predicted molar refractivity (Wildman–Crippen MR) is 131 cm³/mol. The van der Waals surface area contributed by atoms with Crippen LogP contribution in [0.3, 0.4) is 0 Å². The fourth-order valence-electron chi connectivity index (χ4n) is 4.29. The minimum Gasteiger partial charge on any atom is -0.372 e. The number of nitrogens with zero attached hydrogens (tertiary/aromatic N) is 2. The molecule has 3 heterocycles. The minimum absolute atomic E-state index is 0.294. The second-order valence-corrected chi connectivity index (χ2v) is 9.01. The Bertz CT molecular complexity index is 1160. The molecule has 0 unspecified atom stereocenters. The summed E-state index contributed by atoms with van der Waals surface area (Å²) in [6, 6.07) is 19.5. The number of rotatable bonds is 6. The third kappa shape index (κ3) is 3.71. The van der Waals surface area contributed by atoms with E-state index in [0.717, 1.165) is 35.6 Å². The highest BCUT2D eigenvalue weighted by molar-refractivity contribution is 7.11. The highest BCUT2D eigenvalue weighted by Crippen LogP contribution is 2.36. The molecule has 0 radical (unpaired) electrons. The van der Waals surface area contributed by atoms with Crippen LogP contribution in [0.2, 0.25) is 0 Å². The van der Waals surface area contributed by atoms with E-state index in [1.165, 1.54) is 34.8 Å². The van der Waals surface area contributed by atoms with Gasteiger partial charge < -0.3 is 10.2 Å². The third-order valence-corrected chi connectivity index (χ3v) is 6.95. The maximum atomic E-state index is 13.4. The second-order valence-electron chi connectivity index (χ2n) is 8.06. The molecule has 1 N–H and O–H groups in total. The number of aryl methyl sites for hydroxylation is 1. The fourth-order valence-corrected chi connectivity index (χ4v) is 5.05. The lowest BCUT2D eigenvalue weighted by atomic mass is 10.1. The molecular weight excluding hydrogens is 418 g/mol. The zero-order valence-corrected chi connectivity index (χ0v) is 18.8. The van der Waals surface area contributed by atoms with E-state index in [2.05, 4.69) is 29.3 Å². The molecule has 2 amide bonds. The van der Waals surface area contributed by atoms with Crippen LogP contribution in [0.5, 0.6) is 0 Å². The maximum Gasteiger partial charge on any atom is 0.282 e. The third-order valence-electron chi connectivity index (χ3n) is 6.06. The van der Waals surface area contributed by atoms with Gasteiger partial charge in [0.1, 0.15) is 5.70 Å². The number of amides is 2. The van der Waals surface area contributed by atoms with Gasteiger partial charge in [0.25, 0.3) is 11.8 Å². The molecule has 0 bridgehead atoms. The Balaban J connectivity index is 1.47. The van der Waals surface area contributed by atoms with Crippen LogP contribution in [0.1, 0.15) is 30.2 Å². The van der Waals surface area contributed by atoms with Gasteiger partial charge in [0, 0.05) is 29.3 Å². The van der Waals surface area contributed by atoms with Crippen LogP contribution in [-0.2, 0) is 16.0 Å². The first-order valence-corrected chi connectivity index (χ1v) is 11.9. The van der Waals surface area contributed by atoms with Crippen molar-refractivity contribution in [1.29, 1.82) is 0 Å². The van der Waals surface area contributed by atoms with Crippen molar-refractivity contribution in [2.45, 2.75) is 26.2 Å². The average molecular weight is 444 g/mol. The van der Waals surface area contributed by atoms with Crippen molar-refractivity contribution >= 4 is 45.8 Å². The van der Waals surface area contributed by atoms with Gasteiger partial charge in [-0.1, -0.05) is 25.1 Å². The molecule has 2 aromatic carbocycles. The predicted octanol–water partition coefficient (Wildman–Crippen LogP) is 5.31. The minimum atomic E-state index is -0.328. The van der Waals surface area contributed by atoms with Crippen LogP contribution >= 0.6 is 11.3 Å². The first-order chi connectivity index (χ1) is 15.7. The van der Waals surface area contributed by atoms with Crippen LogP contribution in [0.25, 0.3) is 5.57 Å². The molecule has 5 rings (SSSR count). The van der Waals surface area contributed by atoms with Crippen molar-refractivity contribution < 1.29 is 9.59 Å². The van der Waals surface area contributed by atoms with Crippen LogP contribution in [0, 0.1) is 0 Å². The summed E-state index contributed by atoms with van der Waals surface area (Å²) >= 11 is 1.46. The fraction of sp³-hybridized carbons (Fsp3) is 0.231. The molecule has 6 heteroatoms. The Hall–Kier alpha value is -3.38. The summed E-state index contributed by atoms with van der Waals surface area (Å²) in [6.07, 6.45) is 3.35. The summed E-state index contributed by atoms with van der Waals surface area (Å²) in [5, 5.41) is 5.17. The van der Waals surface area contributed by atoms with E-state index in [1.54, 1.807) is 0 Å². The van der Waals surface area contributed by atoms with Gasteiger partial charge in [0.05, 0.1) is 11.3 Å². The van der Waals surface area contributed by atoms with Crippen LogP contribution in [0.15, 0.2) is 71.7 Å². The number of thiophene rings is 1. The summed E-state index contributed by atoms with van der Waals surface area (Å²) in [7, 11) is 0. The number of carbonyl (C=O) groups excluding carboxylic acids is 2. The number of hydrogen-bond donors (Lipinski definition) is 1. The summed E-state index contributed by atoms with van der Waals surface area (Å²) in [4.78, 5) is 31.3. The summed E-state index contributed by atoms with van der Waals surface area (Å²) in [5.74, 6) is -0.621. The SMILES string of the molecule is CCc1ccc(N2C(=O)C(Nc3ccc(N4CCCC4)cc3)=C(c3cccs3)C2=O)cc1. The van der Waals surface area contributed by atoms with Gasteiger partial charge in [-0.2, -0.15) is 0 Å². The normalized spacial score (nSPS) is 16.4. The molecule has 1 fully saturated rings. The van der Waals surface area contributed by atoms with Gasteiger partial charge in [-0.05, 0) is 72.7 Å². The molecular formula is C26H25N3O2S. The van der Waals surface area contributed by atoms with E-state index < -0.39 is 0 Å². The largest absolute Gasteiger partial charge is 0.372 e. The second kappa shape index (κ2) is 8.63. The molecule has 3 aromatic rings. The van der Waals surface area contributed by atoms with Crippen molar-refractivity contribution in [3.05, 3.63) is 82.2 Å². The van der Waals surface area contributed by atoms with Crippen molar-refractivity contribution in [2.75, 3.05) is 28.2 Å². The van der Waals surface area contributed by atoms with E-state index >= 15 is 0 Å². The van der Waals surface area contributed by atoms with Gasteiger partial charge in [-0.15, -0.1) is 11.3 Å². The van der Waals surface area contributed by atoms with Crippen molar-refractivity contribution in [1.82, 2.24) is 0 Å². The summed E-state index contributed by atoms with van der Waals surface area (Å²) < 4.78 is 0. The molecule has 0 atom stereocenters. The number of benzene rings is 2. The van der Waals surface area contributed by atoms with E-state index in [-0.39, 0.29) is 11.8 Å². The first-order valence-electron chi connectivity index (χ1n) is 11.0. The van der Waals surface area contributed by atoms with E-state index in [9.17, 15) is 9.59 Å². The van der Waals surface area contributed by atoms with Gasteiger partial charge in [-0.25, -0.2) is 4.90 Å². The van der Waals surface area contributed by atoms with Crippen LogP contribution < -0.4 is 15.1 Å². The number of hydrogen-bond acceptors (Lipinski definition) is 5. The van der Waals surface area contributed by atoms with E-state index in [4.69, 9.17) is 0 Å². The smallest absolute Gasteiger partial charge is 0.282 e. The maximum absolute atomic E-state index is 13.4. The molecule has 2 aliphatic heterocycles. The lowest BCUT2D eigenvalue weighted by molar-refractivity contribution is -0.120. The number of carbonyl (C=O) groups is 2. The Morgan fingerprint density at radius 2 is 1.56 bits per heavy atom. The standard InChI is InChI=1S/C26H25N3O2S/c1-2-18-7-11-21(12-8-18)29-25(30)23(22-6-5-17-32-22)24(26(29)31)27-19-9-13-20(14-10-19)28-15-3-4-16-28/h5-14,17,27H,2-4,15-16H2,1H3. The Morgan fingerprint density at radius 1 is 0.875 bits per heavy atom. The van der Waals surface area contributed by atoms with Gasteiger partial charge >= 0.3 is 0 Å².